The van der Waals surface area contributed by atoms with E-state index >= 15 is 0 Å². The molecule has 8 nitrogen and oxygen atoms in total. The van der Waals surface area contributed by atoms with Crippen LogP contribution in [0.25, 0.3) is 33.7 Å². The molecule has 4 aromatic heterocycles. The van der Waals surface area contributed by atoms with Gasteiger partial charge in [0.05, 0.1) is 33.5 Å². The molecule has 4 heterocycles. The van der Waals surface area contributed by atoms with E-state index in [1.807, 2.05) is 49.1 Å². The number of para-hydroxylation sites is 4. The number of hydrogen-bond acceptors (Lipinski definition) is 6. The van der Waals surface area contributed by atoms with Crippen LogP contribution < -0.4 is 9.80 Å². The van der Waals surface area contributed by atoms with E-state index in [2.05, 4.69) is 107 Å². The van der Waals surface area contributed by atoms with Crippen molar-refractivity contribution in [3.8, 4) is 11.6 Å². The molecule has 8 heteroatoms. The maximum atomic E-state index is 5.20. The van der Waals surface area contributed by atoms with Crippen LogP contribution in [0.3, 0.4) is 0 Å². The van der Waals surface area contributed by atoms with Crippen LogP contribution >= 0.6 is 0 Å². The van der Waals surface area contributed by atoms with Gasteiger partial charge in [0, 0.05) is 57.1 Å². The van der Waals surface area contributed by atoms with Crippen LogP contribution in [-0.4, -0.2) is 57.3 Å². The first-order chi connectivity index (χ1) is 18.7. The van der Waals surface area contributed by atoms with E-state index < -0.39 is 5.41 Å². The number of pyridine rings is 2. The zero-order chi connectivity index (χ0) is 27.3. The lowest BCUT2D eigenvalue weighted by Crippen LogP contribution is -2.25. The Morgan fingerprint density at radius 1 is 0.590 bits per heavy atom. The van der Waals surface area contributed by atoms with E-state index in [9.17, 15) is 0 Å². The van der Waals surface area contributed by atoms with Crippen molar-refractivity contribution in [1.29, 1.82) is 0 Å². The number of benzene rings is 2. The minimum absolute atomic E-state index is 0.506. The summed E-state index contributed by atoms with van der Waals surface area (Å²) in [7, 11) is 8.20. The Kier molecular flexibility index (Phi) is 5.83. The second-order valence-corrected chi connectivity index (χ2v) is 10.8. The van der Waals surface area contributed by atoms with Crippen LogP contribution in [0.2, 0.25) is 0 Å². The molecule has 0 saturated carbocycles. The van der Waals surface area contributed by atoms with E-state index in [0.29, 0.717) is 0 Å². The van der Waals surface area contributed by atoms with Gasteiger partial charge in [-0.25, -0.2) is 19.9 Å². The third kappa shape index (κ3) is 4.27. The molecule has 2 aromatic carbocycles. The fourth-order valence-electron chi connectivity index (χ4n) is 4.82. The molecular weight excluding hydrogens is 484 g/mol. The number of anilines is 2. The molecule has 0 radical (unpaired) electrons. The summed E-state index contributed by atoms with van der Waals surface area (Å²) in [6.45, 7) is 4.37. The maximum Gasteiger partial charge on any atom is 0.140 e. The highest BCUT2D eigenvalue weighted by atomic mass is 15.1. The Hall–Kier alpha value is -4.72. The molecule has 0 atom stereocenters. The Balaban J connectivity index is 1.53. The Bertz CT molecular complexity index is 1680. The normalized spacial score (nSPS) is 11.8. The maximum absolute atomic E-state index is 5.20. The summed E-state index contributed by atoms with van der Waals surface area (Å²) >= 11 is 0. The Morgan fingerprint density at radius 2 is 1.00 bits per heavy atom. The number of fused-ring (bicyclic) bond motifs is 2. The molecule has 0 fully saturated rings. The number of imidazole rings is 2. The summed E-state index contributed by atoms with van der Waals surface area (Å²) < 4.78 is 4.10. The smallest absolute Gasteiger partial charge is 0.140 e. The zero-order valence-electron chi connectivity index (χ0n) is 23.2. The molecule has 6 aromatic rings. The van der Waals surface area contributed by atoms with Crippen molar-refractivity contribution < 1.29 is 0 Å². The van der Waals surface area contributed by atoms with Crippen molar-refractivity contribution in [2.24, 2.45) is 0 Å². The second kappa shape index (κ2) is 9.23. The largest absolute Gasteiger partial charge is 0.377 e. The topological polar surface area (TPSA) is 67.9 Å². The SMILES string of the molecule is CN(C)c1cc(-n2cnc3ccccc32)nc(C(C)(C)c2cc(N(C)C)cc(-n3cnc4ccccc43)n2)c1. The fraction of sp³-hybridized carbons (Fsp3) is 0.226. The number of nitrogens with zero attached hydrogens (tertiary/aromatic N) is 8. The van der Waals surface area contributed by atoms with Crippen molar-refractivity contribution in [3.63, 3.8) is 0 Å². The minimum atomic E-state index is -0.506. The van der Waals surface area contributed by atoms with Crippen LogP contribution in [0.15, 0.2) is 85.5 Å². The first-order valence-electron chi connectivity index (χ1n) is 13.0. The molecular formula is C31H32N8. The van der Waals surface area contributed by atoms with Gasteiger partial charge in [0.2, 0.25) is 0 Å². The van der Waals surface area contributed by atoms with Crippen molar-refractivity contribution in [2.45, 2.75) is 19.3 Å². The molecule has 0 amide bonds. The van der Waals surface area contributed by atoms with Crippen LogP contribution in [0.1, 0.15) is 25.2 Å². The van der Waals surface area contributed by atoms with Crippen molar-refractivity contribution >= 4 is 33.4 Å². The monoisotopic (exact) mass is 516 g/mol. The fourth-order valence-corrected chi connectivity index (χ4v) is 4.82. The molecule has 0 aliphatic rings. The lowest BCUT2D eigenvalue weighted by atomic mass is 9.84. The highest BCUT2D eigenvalue weighted by Crippen LogP contribution is 2.35. The Morgan fingerprint density at radius 3 is 1.41 bits per heavy atom. The first kappa shape index (κ1) is 24.6. The molecule has 6 rings (SSSR count). The van der Waals surface area contributed by atoms with Gasteiger partial charge in [0.1, 0.15) is 24.3 Å². The first-order valence-corrected chi connectivity index (χ1v) is 13.0. The third-order valence-electron chi connectivity index (χ3n) is 7.31. The number of rotatable bonds is 6. The van der Waals surface area contributed by atoms with Crippen molar-refractivity contribution in [1.82, 2.24) is 29.1 Å². The quantitative estimate of drug-likeness (QED) is 0.287. The average Bonchev–Trinajstić information content (AvgIpc) is 3.57. The van der Waals surface area contributed by atoms with Gasteiger partial charge >= 0.3 is 0 Å². The van der Waals surface area contributed by atoms with E-state index in [-0.39, 0.29) is 0 Å². The lowest BCUT2D eigenvalue weighted by Gasteiger charge is -2.28. The highest BCUT2D eigenvalue weighted by Gasteiger charge is 2.29. The minimum Gasteiger partial charge on any atom is -0.377 e. The predicted octanol–water partition coefficient (Wildman–Crippen LogP) is 5.61. The van der Waals surface area contributed by atoms with Gasteiger partial charge in [-0.15, -0.1) is 0 Å². The molecule has 196 valence electrons. The van der Waals surface area contributed by atoms with Gasteiger partial charge in [-0.1, -0.05) is 24.3 Å². The van der Waals surface area contributed by atoms with Crippen LogP contribution in [0.4, 0.5) is 11.4 Å². The van der Waals surface area contributed by atoms with Gasteiger partial charge in [-0.05, 0) is 50.2 Å². The predicted molar refractivity (Wildman–Crippen MR) is 159 cm³/mol. The third-order valence-corrected chi connectivity index (χ3v) is 7.31. The Labute approximate surface area is 228 Å². The average molecular weight is 517 g/mol. The zero-order valence-corrected chi connectivity index (χ0v) is 23.2. The lowest BCUT2D eigenvalue weighted by molar-refractivity contribution is 0.591. The van der Waals surface area contributed by atoms with Crippen molar-refractivity contribution in [2.75, 3.05) is 38.0 Å². The summed E-state index contributed by atoms with van der Waals surface area (Å²) in [6.07, 6.45) is 3.69. The van der Waals surface area contributed by atoms with E-state index in [4.69, 9.17) is 9.97 Å². The standard InChI is InChI=1S/C31H32N8/c1-31(2,27-15-21(36(3)4)17-29(34-27)38-19-32-23-11-7-9-13-25(23)38)28-16-22(37(5)6)18-30(35-28)39-20-33-24-12-8-10-14-26(24)39/h7-20H,1-6H3. The molecule has 0 aliphatic heterocycles. The van der Waals surface area contributed by atoms with Crippen LogP contribution in [0.5, 0.6) is 0 Å². The van der Waals surface area contributed by atoms with Gasteiger partial charge in [-0.3, -0.25) is 9.13 Å². The molecule has 0 bridgehead atoms. The summed E-state index contributed by atoms with van der Waals surface area (Å²) in [5, 5.41) is 0. The van der Waals surface area contributed by atoms with Gasteiger partial charge in [0.25, 0.3) is 0 Å². The van der Waals surface area contributed by atoms with E-state index in [0.717, 1.165) is 56.5 Å². The summed E-state index contributed by atoms with van der Waals surface area (Å²) in [5.74, 6) is 1.64. The van der Waals surface area contributed by atoms with Gasteiger partial charge < -0.3 is 9.80 Å². The molecule has 0 N–H and O–H groups in total. The second-order valence-electron chi connectivity index (χ2n) is 10.8. The number of aromatic nitrogens is 6. The van der Waals surface area contributed by atoms with Gasteiger partial charge in [0.15, 0.2) is 0 Å². The molecule has 39 heavy (non-hydrogen) atoms. The summed E-state index contributed by atoms with van der Waals surface area (Å²) in [4.78, 5) is 23.8. The van der Waals surface area contributed by atoms with E-state index in [1.165, 1.54) is 0 Å². The molecule has 0 saturated heterocycles. The van der Waals surface area contributed by atoms with Crippen LogP contribution in [0, 0.1) is 0 Å². The highest BCUT2D eigenvalue weighted by molar-refractivity contribution is 5.78. The van der Waals surface area contributed by atoms with Gasteiger partial charge in [-0.2, -0.15) is 0 Å². The molecule has 0 aliphatic carbocycles. The number of hydrogen-bond donors (Lipinski definition) is 0. The molecule has 0 unspecified atom stereocenters. The molecule has 0 spiro atoms. The van der Waals surface area contributed by atoms with E-state index in [1.54, 1.807) is 0 Å². The summed E-state index contributed by atoms with van der Waals surface area (Å²) in [6, 6.07) is 24.7. The van der Waals surface area contributed by atoms with Crippen molar-refractivity contribution in [3.05, 3.63) is 96.8 Å². The summed E-state index contributed by atoms with van der Waals surface area (Å²) in [5.41, 5.74) is 7.38. The van der Waals surface area contributed by atoms with Crippen LogP contribution in [-0.2, 0) is 5.41 Å².